The van der Waals surface area contributed by atoms with E-state index in [1.54, 1.807) is 25.4 Å². The minimum atomic E-state index is -3.82. The molecule has 2 rings (SSSR count). The Kier molecular flexibility index (Phi) is 3.90. The third-order valence-corrected chi connectivity index (χ3v) is 5.39. The average Bonchev–Trinajstić information content (AvgIpc) is 2.86. The number of sulfonamides is 1. The van der Waals surface area contributed by atoms with Gasteiger partial charge in [0.15, 0.2) is 15.1 Å². The Morgan fingerprint density at radius 2 is 2.32 bits per heavy atom. The van der Waals surface area contributed by atoms with Crippen molar-refractivity contribution in [1.29, 1.82) is 0 Å². The summed E-state index contributed by atoms with van der Waals surface area (Å²) in [6.45, 7) is 3.25. The van der Waals surface area contributed by atoms with E-state index in [-0.39, 0.29) is 16.7 Å². The molecule has 2 N–H and O–H groups in total. The molecule has 0 amide bonds. The summed E-state index contributed by atoms with van der Waals surface area (Å²) >= 11 is 7.16. The normalized spacial score (nSPS) is 15.8. The number of halogens is 1. The fourth-order valence-corrected chi connectivity index (χ4v) is 4.03. The van der Waals surface area contributed by atoms with Gasteiger partial charge in [0, 0.05) is 18.1 Å². The van der Waals surface area contributed by atoms with Gasteiger partial charge < -0.3 is 5.11 Å². The Balaban J connectivity index is 2.34. The van der Waals surface area contributed by atoms with E-state index >= 15 is 0 Å². The highest BCUT2D eigenvalue weighted by Gasteiger charge is 2.27. The van der Waals surface area contributed by atoms with Crippen LogP contribution >= 0.6 is 22.9 Å². The molecule has 1 unspecified atom stereocenters. The van der Waals surface area contributed by atoms with E-state index in [4.69, 9.17) is 11.6 Å². The Morgan fingerprint density at radius 1 is 1.63 bits per heavy atom. The van der Waals surface area contributed by atoms with Crippen LogP contribution in [0.2, 0.25) is 5.15 Å². The van der Waals surface area contributed by atoms with Crippen LogP contribution in [0.5, 0.6) is 0 Å². The Hall–Kier alpha value is -0.670. The summed E-state index contributed by atoms with van der Waals surface area (Å²) in [7, 11) is -3.82. The molecule has 0 saturated carbocycles. The monoisotopic (exact) mass is 323 g/mol. The molecule has 0 aliphatic heterocycles. The maximum atomic E-state index is 12.2. The molecule has 2 aromatic rings. The second kappa shape index (κ2) is 5.02. The lowest BCUT2D eigenvalue weighted by atomic mass is 10.1. The van der Waals surface area contributed by atoms with Crippen molar-refractivity contribution in [2.24, 2.45) is 0 Å². The zero-order valence-corrected chi connectivity index (χ0v) is 12.8. The van der Waals surface area contributed by atoms with Gasteiger partial charge in [0.25, 0.3) is 10.0 Å². The van der Waals surface area contributed by atoms with Gasteiger partial charge >= 0.3 is 0 Å². The SMILES string of the molecule is CCC(C)(O)CNS(=O)(=O)c1c(Cl)nc2sccn12. The predicted molar refractivity (Wildman–Crippen MR) is 74.2 cm³/mol. The van der Waals surface area contributed by atoms with E-state index in [0.29, 0.717) is 11.4 Å². The number of rotatable bonds is 5. The molecule has 0 aromatic carbocycles. The first kappa shape index (κ1) is 14.7. The van der Waals surface area contributed by atoms with Crippen molar-refractivity contribution in [3.05, 3.63) is 16.7 Å². The minimum Gasteiger partial charge on any atom is -0.389 e. The van der Waals surface area contributed by atoms with Gasteiger partial charge in [-0.25, -0.2) is 18.1 Å². The molecular weight excluding hydrogens is 310 g/mol. The molecule has 0 bridgehead atoms. The largest absolute Gasteiger partial charge is 0.389 e. The van der Waals surface area contributed by atoms with E-state index in [0.717, 1.165) is 0 Å². The lowest BCUT2D eigenvalue weighted by Gasteiger charge is -2.21. The standard InChI is InChI=1S/C10H14ClN3O3S2/c1-3-10(2,15)6-12-19(16,17)8-7(11)13-9-14(8)4-5-18-9/h4-5,12,15H,3,6H2,1-2H3. The molecule has 0 saturated heterocycles. The number of imidazole rings is 1. The summed E-state index contributed by atoms with van der Waals surface area (Å²) in [6, 6.07) is 0. The maximum absolute atomic E-state index is 12.2. The van der Waals surface area contributed by atoms with Gasteiger partial charge in [-0.05, 0) is 13.3 Å². The molecule has 1 atom stereocenters. The number of hydrogen-bond acceptors (Lipinski definition) is 5. The molecule has 6 nitrogen and oxygen atoms in total. The first-order valence-electron chi connectivity index (χ1n) is 5.60. The van der Waals surface area contributed by atoms with Crippen LogP contribution in [0.1, 0.15) is 20.3 Å². The molecule has 0 aliphatic carbocycles. The fourth-order valence-electron chi connectivity index (χ4n) is 1.42. The first-order chi connectivity index (χ1) is 8.77. The van der Waals surface area contributed by atoms with E-state index in [1.807, 2.05) is 0 Å². The first-order valence-corrected chi connectivity index (χ1v) is 8.34. The summed E-state index contributed by atoms with van der Waals surface area (Å²) in [4.78, 5) is 4.48. The highest BCUT2D eigenvalue weighted by Crippen LogP contribution is 2.25. The number of thiazole rings is 1. The van der Waals surface area contributed by atoms with Crippen LogP contribution in [0.25, 0.3) is 4.96 Å². The lowest BCUT2D eigenvalue weighted by molar-refractivity contribution is 0.0613. The quantitative estimate of drug-likeness (QED) is 0.873. The molecule has 0 aliphatic rings. The van der Waals surface area contributed by atoms with Crippen LogP contribution in [-0.4, -0.2) is 35.1 Å². The molecular formula is C10H14ClN3O3S2. The zero-order valence-electron chi connectivity index (χ0n) is 10.4. The van der Waals surface area contributed by atoms with Crippen molar-refractivity contribution in [2.45, 2.75) is 30.9 Å². The number of nitrogens with one attached hydrogen (secondary N) is 1. The molecule has 0 radical (unpaired) electrons. The number of aliphatic hydroxyl groups is 1. The predicted octanol–water partition coefficient (Wildman–Crippen LogP) is 1.49. The van der Waals surface area contributed by atoms with Crippen molar-refractivity contribution in [1.82, 2.24) is 14.1 Å². The molecule has 9 heteroatoms. The van der Waals surface area contributed by atoms with Crippen LogP contribution < -0.4 is 4.72 Å². The van der Waals surface area contributed by atoms with Crippen LogP contribution in [0, 0.1) is 0 Å². The second-order valence-electron chi connectivity index (χ2n) is 4.44. The van der Waals surface area contributed by atoms with Crippen molar-refractivity contribution in [3.63, 3.8) is 0 Å². The number of aromatic nitrogens is 2. The van der Waals surface area contributed by atoms with Crippen LogP contribution in [0.3, 0.4) is 0 Å². The third kappa shape index (κ3) is 2.92. The highest BCUT2D eigenvalue weighted by atomic mass is 35.5. The molecule has 2 aromatic heterocycles. The van der Waals surface area contributed by atoms with Gasteiger partial charge in [0.05, 0.1) is 5.60 Å². The summed E-state index contributed by atoms with van der Waals surface area (Å²) in [6.07, 6.45) is 2.02. The van der Waals surface area contributed by atoms with Gasteiger partial charge in [-0.3, -0.25) is 4.40 Å². The zero-order chi connectivity index (χ0) is 14.3. The molecule has 0 spiro atoms. The smallest absolute Gasteiger partial charge is 0.259 e. The fraction of sp³-hybridized carbons (Fsp3) is 0.500. The minimum absolute atomic E-state index is 0.0736. The van der Waals surface area contributed by atoms with Crippen molar-refractivity contribution < 1.29 is 13.5 Å². The van der Waals surface area contributed by atoms with E-state index in [9.17, 15) is 13.5 Å². The van der Waals surface area contributed by atoms with Gasteiger partial charge in [0.1, 0.15) is 0 Å². The van der Waals surface area contributed by atoms with Crippen LogP contribution in [0.15, 0.2) is 16.6 Å². The summed E-state index contributed by atoms with van der Waals surface area (Å²) in [5, 5.41) is 11.4. The van der Waals surface area contributed by atoms with Gasteiger partial charge in [0.2, 0.25) is 0 Å². The number of nitrogens with zero attached hydrogens (tertiary/aromatic N) is 2. The summed E-state index contributed by atoms with van der Waals surface area (Å²) in [5.41, 5.74) is -1.10. The van der Waals surface area contributed by atoms with Gasteiger partial charge in [-0.15, -0.1) is 11.3 Å². The highest BCUT2D eigenvalue weighted by molar-refractivity contribution is 7.89. The van der Waals surface area contributed by atoms with Crippen molar-refractivity contribution >= 4 is 37.9 Å². The maximum Gasteiger partial charge on any atom is 0.259 e. The van der Waals surface area contributed by atoms with Gasteiger partial charge in [-0.1, -0.05) is 18.5 Å². The van der Waals surface area contributed by atoms with E-state index in [2.05, 4.69) is 9.71 Å². The average molecular weight is 324 g/mol. The van der Waals surface area contributed by atoms with Crippen molar-refractivity contribution in [3.8, 4) is 0 Å². The summed E-state index contributed by atoms with van der Waals surface area (Å²) < 4.78 is 28.2. The van der Waals surface area contributed by atoms with E-state index in [1.165, 1.54) is 15.7 Å². The van der Waals surface area contributed by atoms with Crippen LogP contribution in [0.4, 0.5) is 0 Å². The molecule has 106 valence electrons. The third-order valence-electron chi connectivity index (χ3n) is 2.84. The molecule has 19 heavy (non-hydrogen) atoms. The topological polar surface area (TPSA) is 83.7 Å². The summed E-state index contributed by atoms with van der Waals surface area (Å²) in [5.74, 6) is 0. The number of fused-ring (bicyclic) bond motifs is 1. The van der Waals surface area contributed by atoms with Crippen LogP contribution in [-0.2, 0) is 10.0 Å². The Labute approximate surface area is 120 Å². The number of hydrogen-bond donors (Lipinski definition) is 2. The Bertz CT molecular complexity index is 690. The molecule has 0 fully saturated rings. The van der Waals surface area contributed by atoms with Crippen molar-refractivity contribution in [2.75, 3.05) is 6.54 Å². The van der Waals surface area contributed by atoms with E-state index < -0.39 is 15.6 Å². The lowest BCUT2D eigenvalue weighted by Crippen LogP contribution is -2.40. The Morgan fingerprint density at radius 3 is 2.95 bits per heavy atom. The van der Waals surface area contributed by atoms with Gasteiger partial charge in [-0.2, -0.15) is 0 Å². The second-order valence-corrected chi connectivity index (χ2v) is 7.35. The molecule has 2 heterocycles.